The highest BCUT2D eigenvalue weighted by atomic mass is 19.1. The van der Waals surface area contributed by atoms with Crippen LogP contribution in [0.15, 0.2) is 24.3 Å². The van der Waals surface area contributed by atoms with Gasteiger partial charge in [-0.2, -0.15) is 0 Å². The fourth-order valence-electron chi connectivity index (χ4n) is 2.99. The molecule has 2 atom stereocenters. The molecular weight excluding hydrogens is 309 g/mol. The number of benzene rings is 1. The number of halogens is 1. The van der Waals surface area contributed by atoms with Crippen molar-refractivity contribution < 1.29 is 14.3 Å². The van der Waals surface area contributed by atoms with Gasteiger partial charge in [-0.1, -0.05) is 0 Å². The number of amides is 1. The Morgan fingerprint density at radius 3 is 2.33 bits per heavy atom. The van der Waals surface area contributed by atoms with Gasteiger partial charge in [-0.25, -0.2) is 4.39 Å². The van der Waals surface area contributed by atoms with Crippen LogP contribution in [0.25, 0.3) is 0 Å². The smallest absolute Gasteiger partial charge is 0.239 e. The second kappa shape index (κ2) is 8.44. The molecule has 0 aromatic heterocycles. The number of carbonyl (C=O) groups excluding carboxylic acids is 1. The van der Waals surface area contributed by atoms with E-state index in [-0.39, 0.29) is 17.8 Å². The summed E-state index contributed by atoms with van der Waals surface area (Å²) in [7, 11) is 1.79. The van der Waals surface area contributed by atoms with Gasteiger partial charge in [-0.3, -0.25) is 9.69 Å². The molecule has 0 saturated carbocycles. The lowest BCUT2D eigenvalue weighted by molar-refractivity contribution is -0.135. The zero-order chi connectivity index (χ0) is 17.7. The zero-order valence-electron chi connectivity index (χ0n) is 14.8. The molecule has 1 aliphatic rings. The molecule has 1 N–H and O–H groups in total. The molecule has 1 aromatic carbocycles. The number of nitrogens with zero attached hydrogens (tertiary/aromatic N) is 3. The van der Waals surface area contributed by atoms with E-state index in [4.69, 9.17) is 0 Å². The van der Waals surface area contributed by atoms with Crippen LogP contribution < -0.4 is 4.90 Å². The first-order valence-corrected chi connectivity index (χ1v) is 8.56. The van der Waals surface area contributed by atoms with E-state index in [2.05, 4.69) is 9.80 Å². The summed E-state index contributed by atoms with van der Waals surface area (Å²) >= 11 is 0. The third-order valence-corrected chi connectivity index (χ3v) is 4.67. The first-order chi connectivity index (χ1) is 11.4. The number of aliphatic hydroxyl groups excluding tert-OH is 1. The monoisotopic (exact) mass is 337 g/mol. The minimum absolute atomic E-state index is 0.0888. The highest BCUT2D eigenvalue weighted by Crippen LogP contribution is 2.18. The van der Waals surface area contributed by atoms with Crippen molar-refractivity contribution in [2.75, 3.05) is 44.7 Å². The quantitative estimate of drug-likeness (QED) is 0.856. The molecule has 24 heavy (non-hydrogen) atoms. The van der Waals surface area contributed by atoms with Gasteiger partial charge < -0.3 is 14.9 Å². The lowest BCUT2D eigenvalue weighted by Gasteiger charge is -2.39. The van der Waals surface area contributed by atoms with Crippen LogP contribution in [0.2, 0.25) is 0 Å². The number of aliphatic hydroxyl groups is 1. The molecular formula is C18H28FN3O2. The zero-order valence-corrected chi connectivity index (χ0v) is 14.8. The molecule has 1 aliphatic heterocycles. The van der Waals surface area contributed by atoms with Crippen molar-refractivity contribution in [3.63, 3.8) is 0 Å². The average molecular weight is 337 g/mol. The Bertz CT molecular complexity index is 528. The van der Waals surface area contributed by atoms with Gasteiger partial charge in [-0.15, -0.1) is 0 Å². The SMILES string of the molecule is CC(O)CCN(C)C(=O)C(C)N1CCN(c2ccc(F)cc2)CC1. The Morgan fingerprint density at radius 1 is 1.21 bits per heavy atom. The van der Waals surface area contributed by atoms with E-state index in [0.717, 1.165) is 31.9 Å². The molecule has 6 heteroatoms. The molecule has 1 saturated heterocycles. The van der Waals surface area contributed by atoms with Crippen molar-refractivity contribution in [3.8, 4) is 0 Å². The fourth-order valence-corrected chi connectivity index (χ4v) is 2.99. The van der Waals surface area contributed by atoms with E-state index < -0.39 is 6.10 Å². The molecule has 1 fully saturated rings. The maximum atomic E-state index is 13.0. The number of carbonyl (C=O) groups is 1. The maximum Gasteiger partial charge on any atom is 0.239 e. The normalized spacial score (nSPS) is 18.3. The number of hydrogen-bond donors (Lipinski definition) is 1. The summed E-state index contributed by atoms with van der Waals surface area (Å²) in [5.41, 5.74) is 1.02. The summed E-state index contributed by atoms with van der Waals surface area (Å²) in [5.74, 6) is -0.136. The van der Waals surface area contributed by atoms with Crippen LogP contribution >= 0.6 is 0 Å². The van der Waals surface area contributed by atoms with Crippen LogP contribution in [0, 0.1) is 5.82 Å². The first-order valence-electron chi connectivity index (χ1n) is 8.56. The van der Waals surface area contributed by atoms with Crippen LogP contribution in [0.3, 0.4) is 0 Å². The van der Waals surface area contributed by atoms with Gasteiger partial charge in [0.05, 0.1) is 12.1 Å². The second-order valence-electron chi connectivity index (χ2n) is 6.57. The summed E-state index contributed by atoms with van der Waals surface area (Å²) in [6.07, 6.45) is 0.197. The van der Waals surface area contributed by atoms with Gasteiger partial charge in [0, 0.05) is 45.5 Å². The van der Waals surface area contributed by atoms with Gasteiger partial charge in [0.1, 0.15) is 5.82 Å². The standard InChI is InChI=1S/C18H28FN3O2/c1-14(23)8-9-20(3)18(24)15(2)21-10-12-22(13-11-21)17-6-4-16(19)5-7-17/h4-7,14-15,23H,8-13H2,1-3H3. The predicted octanol–water partition coefficient (Wildman–Crippen LogP) is 1.57. The summed E-state index contributed by atoms with van der Waals surface area (Å²) in [6, 6.07) is 6.38. The van der Waals surface area contributed by atoms with Crippen LogP contribution in [0.5, 0.6) is 0 Å². The molecule has 1 amide bonds. The van der Waals surface area contributed by atoms with Crippen molar-refractivity contribution in [2.45, 2.75) is 32.4 Å². The summed E-state index contributed by atoms with van der Waals surface area (Å²) in [5, 5.41) is 9.35. The van der Waals surface area contributed by atoms with Crippen LogP contribution in [0.4, 0.5) is 10.1 Å². The van der Waals surface area contributed by atoms with Gasteiger partial charge in [0.15, 0.2) is 0 Å². The third-order valence-electron chi connectivity index (χ3n) is 4.67. The molecule has 5 nitrogen and oxygen atoms in total. The molecule has 1 heterocycles. The Balaban J connectivity index is 1.84. The largest absolute Gasteiger partial charge is 0.393 e. The number of piperazine rings is 1. The fraction of sp³-hybridized carbons (Fsp3) is 0.611. The maximum absolute atomic E-state index is 13.0. The number of likely N-dealkylation sites (N-methyl/N-ethyl adjacent to an activating group) is 1. The highest BCUT2D eigenvalue weighted by Gasteiger charge is 2.27. The van der Waals surface area contributed by atoms with Crippen molar-refractivity contribution in [2.24, 2.45) is 0 Å². The van der Waals surface area contributed by atoms with Crippen molar-refractivity contribution in [1.82, 2.24) is 9.80 Å². The van der Waals surface area contributed by atoms with Gasteiger partial charge in [0.25, 0.3) is 0 Å². The Hall–Kier alpha value is -1.66. The van der Waals surface area contributed by atoms with Crippen LogP contribution in [-0.2, 0) is 4.79 Å². The topological polar surface area (TPSA) is 47.0 Å². The molecule has 2 rings (SSSR count). The molecule has 134 valence electrons. The lowest BCUT2D eigenvalue weighted by Crippen LogP contribution is -2.54. The van der Waals surface area contributed by atoms with E-state index >= 15 is 0 Å². The molecule has 0 bridgehead atoms. The third kappa shape index (κ3) is 4.92. The summed E-state index contributed by atoms with van der Waals surface area (Å²) in [6.45, 7) is 7.48. The predicted molar refractivity (Wildman–Crippen MR) is 93.6 cm³/mol. The first kappa shape index (κ1) is 18.7. The number of rotatable bonds is 6. The minimum atomic E-state index is -0.394. The molecule has 2 unspecified atom stereocenters. The van der Waals surface area contributed by atoms with E-state index in [1.54, 1.807) is 31.0 Å². The van der Waals surface area contributed by atoms with Gasteiger partial charge in [-0.05, 0) is 44.5 Å². The Kier molecular flexibility index (Phi) is 6.57. The van der Waals surface area contributed by atoms with Crippen molar-refractivity contribution in [3.05, 3.63) is 30.1 Å². The van der Waals surface area contributed by atoms with E-state index in [9.17, 15) is 14.3 Å². The molecule has 0 spiro atoms. The Morgan fingerprint density at radius 2 is 1.79 bits per heavy atom. The van der Waals surface area contributed by atoms with E-state index in [1.165, 1.54) is 12.1 Å². The van der Waals surface area contributed by atoms with Crippen LogP contribution in [0.1, 0.15) is 20.3 Å². The number of hydrogen-bond acceptors (Lipinski definition) is 4. The van der Waals surface area contributed by atoms with Gasteiger partial charge in [0.2, 0.25) is 5.91 Å². The summed E-state index contributed by atoms with van der Waals surface area (Å²) in [4.78, 5) is 18.6. The molecule has 1 aromatic rings. The van der Waals surface area contributed by atoms with Gasteiger partial charge >= 0.3 is 0 Å². The van der Waals surface area contributed by atoms with Crippen molar-refractivity contribution >= 4 is 11.6 Å². The minimum Gasteiger partial charge on any atom is -0.393 e. The van der Waals surface area contributed by atoms with Crippen molar-refractivity contribution in [1.29, 1.82) is 0 Å². The van der Waals surface area contributed by atoms with E-state index in [0.29, 0.717) is 13.0 Å². The van der Waals surface area contributed by atoms with E-state index in [1.807, 2.05) is 6.92 Å². The molecule has 0 radical (unpaired) electrons. The highest BCUT2D eigenvalue weighted by molar-refractivity contribution is 5.81. The molecule has 0 aliphatic carbocycles. The second-order valence-corrected chi connectivity index (χ2v) is 6.57. The number of anilines is 1. The van der Waals surface area contributed by atoms with Crippen LogP contribution in [-0.4, -0.2) is 72.7 Å². The average Bonchev–Trinajstić information content (AvgIpc) is 2.59. The lowest BCUT2D eigenvalue weighted by atomic mass is 10.1. The Labute approximate surface area is 143 Å². The summed E-state index contributed by atoms with van der Waals surface area (Å²) < 4.78 is 13.0.